The molecule has 0 spiro atoms. The number of aromatic amines is 2. The average molecular weight is 314 g/mol. The second-order valence-corrected chi connectivity index (χ2v) is 5.72. The zero-order valence-electron chi connectivity index (χ0n) is 13.7. The van der Waals surface area contributed by atoms with Crippen LogP contribution in [-0.4, -0.2) is 9.97 Å². The summed E-state index contributed by atoms with van der Waals surface area (Å²) in [6.45, 7) is 0. The number of hydrogen-bond acceptors (Lipinski definition) is 0. The first-order chi connectivity index (χ1) is 11.9. The van der Waals surface area contributed by atoms with Crippen LogP contribution >= 0.6 is 0 Å². The third-order valence-electron chi connectivity index (χ3n) is 3.80. The Morgan fingerprint density at radius 2 is 0.875 bits per heavy atom. The number of hydrogen-bond donors (Lipinski definition) is 2. The molecular formula is C22H22N2. The molecule has 2 nitrogen and oxygen atoms in total. The van der Waals surface area contributed by atoms with Crippen LogP contribution in [-0.2, 0) is 12.8 Å². The Morgan fingerprint density at radius 3 is 1.21 bits per heavy atom. The highest BCUT2D eigenvalue weighted by Gasteiger charge is 1.94. The topological polar surface area (TPSA) is 31.6 Å². The van der Waals surface area contributed by atoms with Crippen LogP contribution in [0.1, 0.15) is 22.5 Å². The van der Waals surface area contributed by atoms with Crippen molar-refractivity contribution in [2.75, 3.05) is 0 Å². The fourth-order valence-electron chi connectivity index (χ4n) is 2.59. The molecule has 2 heterocycles. The van der Waals surface area contributed by atoms with Crippen molar-refractivity contribution in [3.63, 3.8) is 0 Å². The van der Waals surface area contributed by atoms with E-state index in [0.717, 1.165) is 12.8 Å². The lowest BCUT2D eigenvalue weighted by Gasteiger charge is -1.96. The van der Waals surface area contributed by atoms with Gasteiger partial charge in [0.05, 0.1) is 0 Å². The van der Waals surface area contributed by atoms with E-state index in [1.165, 1.54) is 22.5 Å². The van der Waals surface area contributed by atoms with Crippen LogP contribution in [0.4, 0.5) is 0 Å². The predicted octanol–water partition coefficient (Wildman–Crippen LogP) is 5.21. The van der Waals surface area contributed by atoms with Gasteiger partial charge in [0.25, 0.3) is 0 Å². The second-order valence-electron chi connectivity index (χ2n) is 5.72. The molecule has 2 aromatic heterocycles. The van der Waals surface area contributed by atoms with Gasteiger partial charge < -0.3 is 9.97 Å². The van der Waals surface area contributed by atoms with E-state index in [9.17, 15) is 0 Å². The van der Waals surface area contributed by atoms with E-state index in [1.807, 2.05) is 36.7 Å². The lowest BCUT2D eigenvalue weighted by atomic mass is 10.1. The van der Waals surface area contributed by atoms with E-state index in [-0.39, 0.29) is 0 Å². The van der Waals surface area contributed by atoms with Gasteiger partial charge in [-0.1, -0.05) is 60.7 Å². The number of H-pyrrole nitrogens is 2. The van der Waals surface area contributed by atoms with Crippen molar-refractivity contribution >= 4 is 0 Å². The molecule has 0 atom stereocenters. The molecule has 0 bridgehead atoms. The largest absolute Gasteiger partial charge is 0.365 e. The highest BCUT2D eigenvalue weighted by atomic mass is 14.7. The Morgan fingerprint density at radius 1 is 0.458 bits per heavy atom. The second kappa shape index (κ2) is 8.59. The number of nitrogens with one attached hydrogen (secondary N) is 2. The van der Waals surface area contributed by atoms with Crippen LogP contribution in [0.15, 0.2) is 97.3 Å². The lowest BCUT2D eigenvalue weighted by Crippen LogP contribution is -1.86. The SMILES string of the molecule is c1ccc(Cc2ccc[nH]2)cc1.c1ccc(Cc2ccc[nH]2)cc1. The Kier molecular flexibility index (Phi) is 5.68. The van der Waals surface area contributed by atoms with Crippen molar-refractivity contribution in [1.29, 1.82) is 0 Å². The van der Waals surface area contributed by atoms with Crippen LogP contribution in [0, 0.1) is 0 Å². The first-order valence-electron chi connectivity index (χ1n) is 8.22. The van der Waals surface area contributed by atoms with Crippen molar-refractivity contribution in [1.82, 2.24) is 9.97 Å². The van der Waals surface area contributed by atoms with Crippen LogP contribution in [0.3, 0.4) is 0 Å². The lowest BCUT2D eigenvalue weighted by molar-refractivity contribution is 1.11. The molecule has 0 aliphatic carbocycles. The third kappa shape index (κ3) is 5.03. The van der Waals surface area contributed by atoms with Crippen molar-refractivity contribution in [3.05, 3.63) is 120 Å². The van der Waals surface area contributed by atoms with E-state index < -0.39 is 0 Å². The summed E-state index contributed by atoms with van der Waals surface area (Å²) < 4.78 is 0. The number of benzene rings is 2. The van der Waals surface area contributed by atoms with Gasteiger partial charge in [-0.25, -0.2) is 0 Å². The molecule has 2 heteroatoms. The molecule has 2 N–H and O–H groups in total. The molecule has 0 unspecified atom stereocenters. The monoisotopic (exact) mass is 314 g/mol. The summed E-state index contributed by atoms with van der Waals surface area (Å²) in [5.74, 6) is 0. The maximum atomic E-state index is 3.19. The van der Waals surface area contributed by atoms with Crippen molar-refractivity contribution in [2.45, 2.75) is 12.8 Å². The molecule has 0 amide bonds. The van der Waals surface area contributed by atoms with Gasteiger partial charge in [0.1, 0.15) is 0 Å². The molecule has 0 aliphatic heterocycles. The van der Waals surface area contributed by atoms with Crippen molar-refractivity contribution in [3.8, 4) is 0 Å². The predicted molar refractivity (Wildman–Crippen MR) is 100 cm³/mol. The quantitative estimate of drug-likeness (QED) is 0.518. The van der Waals surface area contributed by atoms with Gasteiger partial charge in [0, 0.05) is 36.6 Å². The Hall–Kier alpha value is -3.00. The molecular weight excluding hydrogens is 292 g/mol. The minimum Gasteiger partial charge on any atom is -0.365 e. The van der Waals surface area contributed by atoms with Crippen LogP contribution < -0.4 is 0 Å². The Balaban J connectivity index is 0.000000141. The molecule has 4 aromatic rings. The summed E-state index contributed by atoms with van der Waals surface area (Å²) in [6, 6.07) is 29.2. The van der Waals surface area contributed by atoms with Gasteiger partial charge >= 0.3 is 0 Å². The summed E-state index contributed by atoms with van der Waals surface area (Å²) in [4.78, 5) is 6.37. The van der Waals surface area contributed by atoms with Crippen LogP contribution in [0.25, 0.3) is 0 Å². The Labute approximate surface area is 143 Å². The molecule has 4 rings (SSSR count). The minimum absolute atomic E-state index is 0.994. The van der Waals surface area contributed by atoms with Gasteiger partial charge in [0.2, 0.25) is 0 Å². The standard InChI is InChI=1S/2C11H11N/c2*1-2-5-10(6-3-1)9-11-7-4-8-12-11/h2*1-8,12H,9H2. The molecule has 0 saturated carbocycles. The number of rotatable bonds is 4. The summed E-state index contributed by atoms with van der Waals surface area (Å²) in [5, 5.41) is 0. The first kappa shape index (κ1) is 15.9. The zero-order chi connectivity index (χ0) is 16.5. The van der Waals surface area contributed by atoms with Crippen molar-refractivity contribution in [2.24, 2.45) is 0 Å². The van der Waals surface area contributed by atoms with E-state index in [4.69, 9.17) is 0 Å². The average Bonchev–Trinajstić information content (AvgIpc) is 3.32. The van der Waals surface area contributed by atoms with Crippen molar-refractivity contribution < 1.29 is 0 Å². The molecule has 120 valence electrons. The third-order valence-corrected chi connectivity index (χ3v) is 3.80. The van der Waals surface area contributed by atoms with Gasteiger partial charge in [0.15, 0.2) is 0 Å². The smallest absolute Gasteiger partial charge is 0.0191 e. The molecule has 0 fully saturated rings. The van der Waals surface area contributed by atoms with Crippen LogP contribution in [0.5, 0.6) is 0 Å². The highest BCUT2D eigenvalue weighted by Crippen LogP contribution is 2.06. The summed E-state index contributed by atoms with van der Waals surface area (Å²) in [7, 11) is 0. The van der Waals surface area contributed by atoms with Gasteiger partial charge in [-0.2, -0.15) is 0 Å². The number of aromatic nitrogens is 2. The molecule has 0 aliphatic rings. The maximum absolute atomic E-state index is 3.19. The van der Waals surface area contributed by atoms with Crippen LogP contribution in [0.2, 0.25) is 0 Å². The van der Waals surface area contributed by atoms with Gasteiger partial charge in [-0.3, -0.25) is 0 Å². The van der Waals surface area contributed by atoms with E-state index >= 15 is 0 Å². The first-order valence-corrected chi connectivity index (χ1v) is 8.22. The highest BCUT2D eigenvalue weighted by molar-refractivity contribution is 5.22. The summed E-state index contributed by atoms with van der Waals surface area (Å²) >= 11 is 0. The zero-order valence-corrected chi connectivity index (χ0v) is 13.7. The van der Waals surface area contributed by atoms with E-state index in [0.29, 0.717) is 0 Å². The van der Waals surface area contributed by atoms with E-state index in [1.54, 1.807) is 0 Å². The summed E-state index contributed by atoms with van der Waals surface area (Å²) in [5.41, 5.74) is 5.22. The van der Waals surface area contributed by atoms with E-state index in [2.05, 4.69) is 70.6 Å². The molecule has 24 heavy (non-hydrogen) atoms. The minimum atomic E-state index is 0.994. The molecule has 2 aromatic carbocycles. The van der Waals surface area contributed by atoms with Gasteiger partial charge in [-0.15, -0.1) is 0 Å². The fraction of sp³-hybridized carbons (Fsp3) is 0.0909. The molecule has 0 radical (unpaired) electrons. The van der Waals surface area contributed by atoms with Gasteiger partial charge in [-0.05, 0) is 35.4 Å². The Bertz CT molecular complexity index is 714. The summed E-state index contributed by atoms with van der Waals surface area (Å²) in [6.07, 6.45) is 5.90. The molecule has 0 saturated heterocycles. The maximum Gasteiger partial charge on any atom is 0.0191 e. The normalized spacial score (nSPS) is 10.0. The fourth-order valence-corrected chi connectivity index (χ4v) is 2.59.